The minimum Gasteiger partial charge on any atom is -0.283 e. The Morgan fingerprint density at radius 1 is 1.00 bits per heavy atom. The van der Waals surface area contributed by atoms with E-state index in [1.807, 2.05) is 37.8 Å². The summed E-state index contributed by atoms with van der Waals surface area (Å²) >= 11 is 0. The second-order valence-corrected chi connectivity index (χ2v) is 10.6. The quantitative estimate of drug-likeness (QED) is 0.681. The lowest BCUT2D eigenvalue weighted by atomic mass is 9.77. The first-order chi connectivity index (χ1) is 13.6. The van der Waals surface area contributed by atoms with Gasteiger partial charge in [-0.1, -0.05) is 26.0 Å². The van der Waals surface area contributed by atoms with E-state index in [2.05, 4.69) is 0 Å². The van der Waals surface area contributed by atoms with Gasteiger partial charge in [0.25, 0.3) is 0 Å². The van der Waals surface area contributed by atoms with Gasteiger partial charge in [-0.05, 0) is 42.9 Å². The maximum absolute atomic E-state index is 13.1. The van der Waals surface area contributed by atoms with Crippen molar-refractivity contribution >= 4 is 21.8 Å². The minimum atomic E-state index is -3.55. The summed E-state index contributed by atoms with van der Waals surface area (Å²) in [4.78, 5) is 28.7. The molecule has 2 saturated heterocycles. The SMILES string of the molecule is CCC1(C)CC(=O)N(CN2CCN(S(=O)(=O)c3cc(C)ccc3C)CC2)C(=O)C1. The van der Waals surface area contributed by atoms with E-state index in [4.69, 9.17) is 0 Å². The highest BCUT2D eigenvalue weighted by atomic mass is 32.2. The molecule has 0 aliphatic carbocycles. The van der Waals surface area contributed by atoms with Gasteiger partial charge in [0.2, 0.25) is 21.8 Å². The Kier molecular flexibility index (Phi) is 6.17. The number of benzene rings is 1. The van der Waals surface area contributed by atoms with Gasteiger partial charge in [-0.3, -0.25) is 19.4 Å². The Bertz CT molecular complexity index is 887. The Labute approximate surface area is 173 Å². The van der Waals surface area contributed by atoms with Crippen molar-refractivity contribution in [2.75, 3.05) is 32.8 Å². The van der Waals surface area contributed by atoms with Crippen LogP contribution >= 0.6 is 0 Å². The lowest BCUT2D eigenvalue weighted by molar-refractivity contribution is -0.156. The van der Waals surface area contributed by atoms with E-state index in [1.54, 1.807) is 13.0 Å². The number of rotatable bonds is 5. The standard InChI is InChI=1S/C21H31N3O4S/c1-5-21(4)13-19(25)24(20(26)14-21)15-22-8-10-23(11-9-22)29(27,28)18-12-16(2)6-7-17(18)3/h6-7,12H,5,8-11,13-15H2,1-4H3. The molecule has 0 unspecified atom stereocenters. The zero-order valence-corrected chi connectivity index (χ0v) is 18.6. The molecule has 1 aromatic carbocycles. The van der Waals surface area contributed by atoms with Crippen molar-refractivity contribution < 1.29 is 18.0 Å². The number of hydrogen-bond acceptors (Lipinski definition) is 5. The van der Waals surface area contributed by atoms with Crippen molar-refractivity contribution in [2.45, 2.75) is 51.9 Å². The zero-order valence-electron chi connectivity index (χ0n) is 17.8. The number of amides is 2. The summed E-state index contributed by atoms with van der Waals surface area (Å²) in [7, 11) is -3.55. The van der Waals surface area contributed by atoms with Crippen LogP contribution < -0.4 is 0 Å². The van der Waals surface area contributed by atoms with E-state index in [9.17, 15) is 18.0 Å². The van der Waals surface area contributed by atoms with Crippen LogP contribution in [0.2, 0.25) is 0 Å². The number of sulfonamides is 1. The zero-order chi connectivity index (χ0) is 21.4. The van der Waals surface area contributed by atoms with Crippen LogP contribution in [0.1, 0.15) is 44.2 Å². The summed E-state index contributed by atoms with van der Waals surface area (Å²) in [6.45, 7) is 9.60. The third-order valence-corrected chi connectivity index (χ3v) is 8.29. The third-order valence-electron chi connectivity index (χ3n) is 6.25. The molecule has 0 atom stereocenters. The Balaban J connectivity index is 1.63. The normalized spacial score (nSPS) is 21.6. The maximum Gasteiger partial charge on any atom is 0.243 e. The molecule has 2 aliphatic rings. The van der Waals surface area contributed by atoms with E-state index in [0.717, 1.165) is 17.5 Å². The highest BCUT2D eigenvalue weighted by Gasteiger charge is 2.40. The average molecular weight is 422 g/mol. The van der Waals surface area contributed by atoms with E-state index < -0.39 is 10.0 Å². The molecule has 8 heteroatoms. The largest absolute Gasteiger partial charge is 0.283 e. The maximum atomic E-state index is 13.1. The smallest absolute Gasteiger partial charge is 0.243 e. The van der Waals surface area contributed by atoms with Crippen LogP contribution in [0.3, 0.4) is 0 Å². The summed E-state index contributed by atoms with van der Waals surface area (Å²) in [6, 6.07) is 5.45. The fourth-order valence-electron chi connectivity index (χ4n) is 3.97. The number of hydrogen-bond donors (Lipinski definition) is 0. The van der Waals surface area contributed by atoms with Crippen LogP contribution in [0.15, 0.2) is 23.1 Å². The number of piperazine rings is 1. The fourth-order valence-corrected chi connectivity index (χ4v) is 5.70. The van der Waals surface area contributed by atoms with E-state index in [1.165, 1.54) is 9.21 Å². The van der Waals surface area contributed by atoms with Crippen LogP contribution in [0.4, 0.5) is 0 Å². The number of aryl methyl sites for hydroxylation is 2. The van der Waals surface area contributed by atoms with Gasteiger partial charge < -0.3 is 0 Å². The predicted molar refractivity (Wildman–Crippen MR) is 111 cm³/mol. The van der Waals surface area contributed by atoms with E-state index >= 15 is 0 Å². The average Bonchev–Trinajstić information content (AvgIpc) is 2.67. The van der Waals surface area contributed by atoms with Gasteiger partial charge in [-0.25, -0.2) is 8.42 Å². The number of imide groups is 1. The highest BCUT2D eigenvalue weighted by Crippen LogP contribution is 2.35. The molecule has 29 heavy (non-hydrogen) atoms. The van der Waals surface area contributed by atoms with Crippen molar-refractivity contribution in [3.63, 3.8) is 0 Å². The van der Waals surface area contributed by atoms with Gasteiger partial charge in [0.1, 0.15) is 0 Å². The lowest BCUT2D eigenvalue weighted by Crippen LogP contribution is -2.55. The number of carbonyl (C=O) groups is 2. The first kappa shape index (κ1) is 21.9. The van der Waals surface area contributed by atoms with Gasteiger partial charge in [0.05, 0.1) is 11.6 Å². The fraction of sp³-hybridized carbons (Fsp3) is 0.619. The molecule has 0 spiro atoms. The molecule has 3 rings (SSSR count). The van der Waals surface area contributed by atoms with Crippen LogP contribution in [-0.2, 0) is 19.6 Å². The molecular formula is C21H31N3O4S. The molecule has 7 nitrogen and oxygen atoms in total. The van der Waals surface area contributed by atoms with Gasteiger partial charge >= 0.3 is 0 Å². The van der Waals surface area contributed by atoms with Crippen LogP contribution in [0.5, 0.6) is 0 Å². The molecule has 1 aromatic rings. The number of nitrogens with zero attached hydrogens (tertiary/aromatic N) is 3. The monoisotopic (exact) mass is 421 g/mol. The van der Waals surface area contributed by atoms with Crippen LogP contribution in [0.25, 0.3) is 0 Å². The molecule has 160 valence electrons. The van der Waals surface area contributed by atoms with Crippen molar-refractivity contribution in [1.82, 2.24) is 14.1 Å². The Hall–Kier alpha value is -1.77. The molecule has 2 fully saturated rings. The third kappa shape index (κ3) is 4.54. The number of piperidine rings is 1. The Morgan fingerprint density at radius 2 is 1.59 bits per heavy atom. The topological polar surface area (TPSA) is 78.0 Å². The van der Waals surface area contributed by atoms with Gasteiger partial charge in [0.15, 0.2) is 0 Å². The second kappa shape index (κ2) is 8.16. The molecular weight excluding hydrogens is 390 g/mol. The van der Waals surface area contributed by atoms with Crippen molar-refractivity contribution in [3.05, 3.63) is 29.3 Å². The predicted octanol–water partition coefficient (Wildman–Crippen LogP) is 2.13. The first-order valence-electron chi connectivity index (χ1n) is 10.2. The summed E-state index contributed by atoms with van der Waals surface area (Å²) in [5.74, 6) is -0.257. The number of carbonyl (C=O) groups excluding carboxylic acids is 2. The molecule has 0 radical (unpaired) electrons. The molecule has 0 N–H and O–H groups in total. The number of likely N-dealkylation sites (tertiary alicyclic amines) is 1. The Morgan fingerprint density at radius 3 is 2.14 bits per heavy atom. The van der Waals surface area contributed by atoms with E-state index in [-0.39, 0.29) is 23.9 Å². The molecule has 2 amide bonds. The summed E-state index contributed by atoms with van der Waals surface area (Å²) < 4.78 is 27.6. The lowest BCUT2D eigenvalue weighted by Gasteiger charge is -2.40. The van der Waals surface area contributed by atoms with Crippen molar-refractivity contribution in [2.24, 2.45) is 5.41 Å². The van der Waals surface area contributed by atoms with Crippen molar-refractivity contribution in [3.8, 4) is 0 Å². The molecule has 0 aromatic heterocycles. The minimum absolute atomic E-state index is 0.129. The van der Waals surface area contributed by atoms with E-state index in [0.29, 0.717) is 43.9 Å². The van der Waals surface area contributed by atoms with Crippen molar-refractivity contribution in [1.29, 1.82) is 0 Å². The van der Waals surface area contributed by atoms with Gasteiger partial charge in [-0.2, -0.15) is 4.31 Å². The molecule has 0 bridgehead atoms. The molecule has 0 saturated carbocycles. The first-order valence-corrected chi connectivity index (χ1v) is 11.6. The summed E-state index contributed by atoms with van der Waals surface area (Å²) in [6.07, 6.45) is 1.57. The highest BCUT2D eigenvalue weighted by molar-refractivity contribution is 7.89. The second-order valence-electron chi connectivity index (χ2n) is 8.67. The van der Waals surface area contributed by atoms with Crippen LogP contribution in [0, 0.1) is 19.3 Å². The summed E-state index contributed by atoms with van der Waals surface area (Å²) in [5.41, 5.74) is 1.40. The molecule has 2 aliphatic heterocycles. The summed E-state index contributed by atoms with van der Waals surface area (Å²) in [5, 5.41) is 0. The van der Waals surface area contributed by atoms with Gasteiger partial charge in [0, 0.05) is 39.0 Å². The van der Waals surface area contributed by atoms with Crippen LogP contribution in [-0.4, -0.2) is 67.2 Å². The van der Waals surface area contributed by atoms with Gasteiger partial charge in [-0.15, -0.1) is 0 Å². The molecule has 2 heterocycles.